The Morgan fingerprint density at radius 3 is 2.96 bits per heavy atom. The van der Waals surface area contributed by atoms with Gasteiger partial charge in [-0.05, 0) is 44.9 Å². The zero-order chi connectivity index (χ0) is 16.4. The number of piperidine rings is 1. The first-order valence-corrected chi connectivity index (χ1v) is 7.68. The highest BCUT2D eigenvalue weighted by Crippen LogP contribution is 2.31. The number of carbonyl (C=O) groups excluding carboxylic acids is 1. The predicted octanol–water partition coefficient (Wildman–Crippen LogP) is 2.84. The van der Waals surface area contributed by atoms with Crippen LogP contribution in [0.1, 0.15) is 53.3 Å². The minimum Gasteiger partial charge on any atom is -0.370 e. The molecule has 1 atom stereocenters. The van der Waals surface area contributed by atoms with Crippen LogP contribution in [0, 0.1) is 18.3 Å². The molecule has 0 saturated carbocycles. The Labute approximate surface area is 134 Å². The molecule has 6 heteroatoms. The lowest BCUT2D eigenvalue weighted by Gasteiger charge is -2.33. The van der Waals surface area contributed by atoms with Gasteiger partial charge in [0.1, 0.15) is 6.07 Å². The Bertz CT molecular complexity index is 775. The molecule has 1 aromatic heterocycles. The summed E-state index contributed by atoms with van der Waals surface area (Å²) in [5.74, 6) is 1.43. The van der Waals surface area contributed by atoms with E-state index in [4.69, 9.17) is 4.52 Å². The van der Waals surface area contributed by atoms with Crippen molar-refractivity contribution < 1.29 is 9.32 Å². The van der Waals surface area contributed by atoms with Crippen LogP contribution in [0.3, 0.4) is 0 Å². The van der Waals surface area contributed by atoms with Gasteiger partial charge in [0.25, 0.3) is 0 Å². The fourth-order valence-electron chi connectivity index (χ4n) is 2.98. The van der Waals surface area contributed by atoms with Gasteiger partial charge in [0.2, 0.25) is 5.89 Å². The lowest BCUT2D eigenvalue weighted by molar-refractivity contribution is 0.101. The Morgan fingerprint density at radius 1 is 1.48 bits per heavy atom. The third-order valence-corrected chi connectivity index (χ3v) is 4.18. The van der Waals surface area contributed by atoms with Crippen molar-refractivity contribution in [2.45, 2.75) is 32.6 Å². The summed E-state index contributed by atoms with van der Waals surface area (Å²) in [6.07, 6.45) is 1.95. The summed E-state index contributed by atoms with van der Waals surface area (Å²) < 4.78 is 5.30. The third-order valence-electron chi connectivity index (χ3n) is 4.18. The maximum atomic E-state index is 11.6. The molecule has 23 heavy (non-hydrogen) atoms. The molecule has 1 aliphatic rings. The van der Waals surface area contributed by atoms with E-state index in [0.29, 0.717) is 29.4 Å². The van der Waals surface area contributed by atoms with Gasteiger partial charge in [0.05, 0.1) is 17.2 Å². The summed E-state index contributed by atoms with van der Waals surface area (Å²) in [7, 11) is 0. The molecule has 0 spiro atoms. The normalized spacial score (nSPS) is 17.8. The molecule has 118 valence electrons. The summed E-state index contributed by atoms with van der Waals surface area (Å²) in [4.78, 5) is 18.1. The van der Waals surface area contributed by atoms with Gasteiger partial charge in [-0.2, -0.15) is 10.2 Å². The van der Waals surface area contributed by atoms with E-state index in [1.807, 2.05) is 6.07 Å². The maximum Gasteiger partial charge on any atom is 0.231 e. The number of hydrogen-bond donors (Lipinski definition) is 0. The van der Waals surface area contributed by atoms with Crippen molar-refractivity contribution >= 4 is 11.5 Å². The number of aromatic nitrogens is 2. The molecule has 2 heterocycles. The van der Waals surface area contributed by atoms with Crippen molar-refractivity contribution in [1.82, 2.24) is 10.1 Å². The Balaban J connectivity index is 1.90. The summed E-state index contributed by atoms with van der Waals surface area (Å²) >= 11 is 0. The summed E-state index contributed by atoms with van der Waals surface area (Å²) in [6, 6.07) is 7.44. The second-order valence-electron chi connectivity index (χ2n) is 5.86. The van der Waals surface area contributed by atoms with E-state index in [2.05, 4.69) is 21.1 Å². The second-order valence-corrected chi connectivity index (χ2v) is 5.86. The lowest BCUT2D eigenvalue weighted by atomic mass is 9.96. The number of nitrogens with zero attached hydrogens (tertiary/aromatic N) is 4. The van der Waals surface area contributed by atoms with Crippen molar-refractivity contribution in [2.24, 2.45) is 0 Å². The second kappa shape index (κ2) is 6.21. The van der Waals surface area contributed by atoms with Crippen LogP contribution < -0.4 is 4.90 Å². The van der Waals surface area contributed by atoms with Crippen LogP contribution in [0.25, 0.3) is 0 Å². The highest BCUT2D eigenvalue weighted by molar-refractivity contribution is 5.95. The van der Waals surface area contributed by atoms with Crippen molar-refractivity contribution in [2.75, 3.05) is 18.0 Å². The molecule has 1 fully saturated rings. The molecular formula is C17H18N4O2. The first-order chi connectivity index (χ1) is 11.1. The van der Waals surface area contributed by atoms with Crippen LogP contribution in [-0.2, 0) is 0 Å². The van der Waals surface area contributed by atoms with E-state index < -0.39 is 0 Å². The van der Waals surface area contributed by atoms with Gasteiger partial charge in [0.15, 0.2) is 11.6 Å². The van der Waals surface area contributed by atoms with Crippen molar-refractivity contribution in [3.63, 3.8) is 0 Å². The number of carbonyl (C=O) groups is 1. The quantitative estimate of drug-likeness (QED) is 0.811. The molecule has 6 nitrogen and oxygen atoms in total. The summed E-state index contributed by atoms with van der Waals surface area (Å²) in [6.45, 7) is 4.89. The van der Waals surface area contributed by atoms with Crippen LogP contribution in [0.15, 0.2) is 22.7 Å². The van der Waals surface area contributed by atoms with Gasteiger partial charge in [-0.15, -0.1) is 0 Å². The van der Waals surface area contributed by atoms with E-state index in [9.17, 15) is 10.1 Å². The van der Waals surface area contributed by atoms with Crippen molar-refractivity contribution in [3.8, 4) is 6.07 Å². The van der Waals surface area contributed by atoms with E-state index >= 15 is 0 Å². The fraction of sp³-hybridized carbons (Fsp3) is 0.412. The van der Waals surface area contributed by atoms with Gasteiger partial charge < -0.3 is 9.42 Å². The SMILES string of the molecule is CC(=O)c1ccc(C#N)c(N2CCC[C@@H](c3nc(C)no3)C2)c1. The molecule has 0 bridgehead atoms. The van der Waals surface area contributed by atoms with Crippen molar-refractivity contribution in [3.05, 3.63) is 41.0 Å². The smallest absolute Gasteiger partial charge is 0.231 e. The predicted molar refractivity (Wildman–Crippen MR) is 84.4 cm³/mol. The van der Waals surface area contributed by atoms with E-state index in [-0.39, 0.29) is 11.7 Å². The number of anilines is 1. The molecule has 1 aliphatic heterocycles. The summed E-state index contributed by atoms with van der Waals surface area (Å²) in [5, 5.41) is 13.2. The minimum absolute atomic E-state index is 0.00294. The standard InChI is InChI=1S/C17H18N4O2/c1-11(22)13-5-6-14(9-18)16(8-13)21-7-3-4-15(10-21)17-19-12(2)20-23-17/h5-6,8,15H,3-4,7,10H2,1-2H3/t15-/m1/s1. The monoisotopic (exact) mass is 310 g/mol. The molecule has 0 radical (unpaired) electrons. The number of aryl methyl sites for hydroxylation is 1. The largest absolute Gasteiger partial charge is 0.370 e. The van der Waals surface area contributed by atoms with E-state index in [0.717, 1.165) is 25.1 Å². The number of benzene rings is 1. The molecular weight excluding hydrogens is 292 g/mol. The average Bonchev–Trinajstić information content (AvgIpc) is 3.01. The molecule has 1 aromatic carbocycles. The van der Waals surface area contributed by atoms with Crippen molar-refractivity contribution in [1.29, 1.82) is 5.26 Å². The molecule has 0 aliphatic carbocycles. The first kappa shape index (κ1) is 15.2. The van der Waals surface area contributed by atoms with Crippen LogP contribution in [0.5, 0.6) is 0 Å². The molecule has 0 amide bonds. The average molecular weight is 310 g/mol. The molecule has 1 saturated heterocycles. The van der Waals surface area contributed by atoms with E-state index in [1.54, 1.807) is 19.1 Å². The van der Waals surface area contributed by atoms with Crippen LogP contribution >= 0.6 is 0 Å². The number of hydrogen-bond acceptors (Lipinski definition) is 6. The number of rotatable bonds is 3. The Kier molecular flexibility index (Phi) is 4.11. The van der Waals surface area contributed by atoms with E-state index in [1.165, 1.54) is 6.92 Å². The van der Waals surface area contributed by atoms with Gasteiger partial charge in [0, 0.05) is 18.7 Å². The minimum atomic E-state index is -0.00294. The van der Waals surface area contributed by atoms with Gasteiger partial charge >= 0.3 is 0 Å². The lowest BCUT2D eigenvalue weighted by Crippen LogP contribution is -2.35. The highest BCUT2D eigenvalue weighted by atomic mass is 16.5. The third kappa shape index (κ3) is 3.09. The molecule has 2 aromatic rings. The highest BCUT2D eigenvalue weighted by Gasteiger charge is 2.27. The van der Waals surface area contributed by atoms with Crippen LogP contribution in [0.2, 0.25) is 0 Å². The van der Waals surface area contributed by atoms with Crippen LogP contribution in [0.4, 0.5) is 5.69 Å². The first-order valence-electron chi connectivity index (χ1n) is 7.68. The van der Waals surface area contributed by atoms with Gasteiger partial charge in [-0.25, -0.2) is 0 Å². The summed E-state index contributed by atoms with van der Waals surface area (Å²) in [5.41, 5.74) is 2.01. The van der Waals surface area contributed by atoms with Gasteiger partial charge in [-0.1, -0.05) is 5.16 Å². The Hall–Kier alpha value is -2.68. The molecule has 3 rings (SSSR count). The number of ketones is 1. The molecule has 0 N–H and O–H groups in total. The van der Waals surface area contributed by atoms with Crippen LogP contribution in [-0.4, -0.2) is 29.0 Å². The Morgan fingerprint density at radius 2 is 2.30 bits per heavy atom. The maximum absolute atomic E-state index is 11.6. The number of nitriles is 1. The topological polar surface area (TPSA) is 83.0 Å². The zero-order valence-electron chi connectivity index (χ0n) is 13.2. The van der Waals surface area contributed by atoms with Gasteiger partial charge in [-0.3, -0.25) is 4.79 Å². The fourth-order valence-corrected chi connectivity index (χ4v) is 2.98. The zero-order valence-corrected chi connectivity index (χ0v) is 13.2. The molecule has 0 unspecified atom stereocenters. The number of Topliss-reactive ketones (excluding diaryl/α,β-unsaturated/α-hetero) is 1.